The predicted octanol–water partition coefficient (Wildman–Crippen LogP) is 7.99. The van der Waals surface area contributed by atoms with Crippen LogP contribution in [0.15, 0.2) is 88.2 Å². The lowest BCUT2D eigenvalue weighted by atomic mass is 10.0. The number of nitrogens with one attached hydrogen (secondary N) is 1. The fourth-order valence-corrected chi connectivity index (χ4v) is 6.03. The molecule has 0 atom stereocenters. The number of fused-ring (bicyclic) bond motifs is 1. The highest BCUT2D eigenvalue weighted by atomic mass is 79.9. The molecule has 4 aromatic carbocycles. The molecule has 3 amide bonds. The zero-order valence-corrected chi connectivity index (χ0v) is 25.8. The molecule has 1 heterocycles. The number of methoxy groups -OCH3 is 1. The Bertz CT molecular complexity index is 1700. The number of carbonyl (C=O) groups excluding carboxylic acids is 3. The van der Waals surface area contributed by atoms with E-state index in [1.165, 1.54) is 0 Å². The van der Waals surface area contributed by atoms with Crippen LogP contribution in [0.4, 0.5) is 10.5 Å². The van der Waals surface area contributed by atoms with Gasteiger partial charge in [0.25, 0.3) is 11.1 Å². The molecule has 1 N–H and O–H groups in total. The minimum Gasteiger partial charge on any atom is -0.493 e. The average molecular weight is 646 g/mol. The van der Waals surface area contributed by atoms with Crippen LogP contribution >= 0.6 is 27.7 Å². The van der Waals surface area contributed by atoms with E-state index in [9.17, 15) is 14.4 Å². The number of nitrogens with zero attached hydrogens (tertiary/aromatic N) is 1. The summed E-state index contributed by atoms with van der Waals surface area (Å²) in [7, 11) is 1.54. The van der Waals surface area contributed by atoms with Gasteiger partial charge in [0.15, 0.2) is 11.5 Å². The van der Waals surface area contributed by atoms with Gasteiger partial charge in [0.1, 0.15) is 13.2 Å². The molecule has 0 radical (unpaired) electrons. The lowest BCUT2D eigenvalue weighted by Crippen LogP contribution is -2.36. The first-order chi connectivity index (χ1) is 20.2. The Kier molecular flexibility index (Phi) is 8.99. The first-order valence-electron chi connectivity index (χ1n) is 13.4. The van der Waals surface area contributed by atoms with Gasteiger partial charge in [-0.05, 0) is 91.4 Å². The van der Waals surface area contributed by atoms with Crippen molar-refractivity contribution < 1.29 is 23.9 Å². The molecule has 42 heavy (non-hydrogen) atoms. The third-order valence-electron chi connectivity index (χ3n) is 6.84. The Labute approximate surface area is 257 Å². The van der Waals surface area contributed by atoms with Crippen LogP contribution in [0.1, 0.15) is 36.5 Å². The summed E-state index contributed by atoms with van der Waals surface area (Å²) >= 11 is 4.36. The minimum atomic E-state index is -0.526. The number of anilines is 1. The van der Waals surface area contributed by atoms with Crippen molar-refractivity contribution in [2.75, 3.05) is 19.0 Å². The van der Waals surface area contributed by atoms with E-state index in [2.05, 4.69) is 53.3 Å². The summed E-state index contributed by atoms with van der Waals surface area (Å²) in [4.78, 5) is 39.5. The molecule has 214 valence electrons. The predicted molar refractivity (Wildman–Crippen MR) is 171 cm³/mol. The van der Waals surface area contributed by atoms with Crippen molar-refractivity contribution in [3.05, 3.63) is 105 Å². The molecule has 7 nitrogen and oxygen atoms in total. The minimum absolute atomic E-state index is 0.215. The fraction of sp³-hybridized carbons (Fsp3) is 0.182. The number of thioether (sulfide) groups is 1. The molecule has 5 rings (SSSR count). The molecule has 1 aliphatic rings. The number of hydrogen-bond donors (Lipinski definition) is 1. The van der Waals surface area contributed by atoms with Crippen molar-refractivity contribution in [3.8, 4) is 11.5 Å². The maximum absolute atomic E-state index is 13.1. The van der Waals surface area contributed by atoms with E-state index in [1.807, 2.05) is 48.5 Å². The Morgan fingerprint density at radius 1 is 1.02 bits per heavy atom. The second-order valence-corrected chi connectivity index (χ2v) is 11.9. The number of imide groups is 1. The number of amides is 3. The topological polar surface area (TPSA) is 84.9 Å². The Balaban J connectivity index is 1.28. The highest BCUT2D eigenvalue weighted by molar-refractivity contribution is 9.10. The number of ether oxygens (including phenoxy) is 2. The van der Waals surface area contributed by atoms with E-state index in [4.69, 9.17) is 9.47 Å². The van der Waals surface area contributed by atoms with Gasteiger partial charge in [0, 0.05) is 5.69 Å². The zero-order chi connectivity index (χ0) is 29.8. The molecule has 9 heteroatoms. The van der Waals surface area contributed by atoms with Gasteiger partial charge < -0.3 is 14.8 Å². The van der Waals surface area contributed by atoms with Gasteiger partial charge in [-0.15, -0.1) is 0 Å². The Morgan fingerprint density at radius 2 is 1.76 bits per heavy atom. The molecule has 0 aromatic heterocycles. The fourth-order valence-electron chi connectivity index (χ4n) is 4.61. The highest BCUT2D eigenvalue weighted by Gasteiger charge is 2.36. The van der Waals surface area contributed by atoms with Gasteiger partial charge in [0.2, 0.25) is 5.91 Å². The highest BCUT2D eigenvalue weighted by Crippen LogP contribution is 2.40. The van der Waals surface area contributed by atoms with Crippen molar-refractivity contribution in [1.82, 2.24) is 4.90 Å². The average Bonchev–Trinajstić information content (AvgIpc) is 3.23. The van der Waals surface area contributed by atoms with E-state index in [0.717, 1.165) is 38.6 Å². The van der Waals surface area contributed by atoms with E-state index < -0.39 is 17.1 Å². The van der Waals surface area contributed by atoms with Crippen LogP contribution in [0.5, 0.6) is 11.5 Å². The number of carbonyl (C=O) groups is 3. The van der Waals surface area contributed by atoms with Crippen molar-refractivity contribution in [2.24, 2.45) is 0 Å². The summed E-state index contributed by atoms with van der Waals surface area (Å²) in [5.74, 6) is 0.387. The van der Waals surface area contributed by atoms with Crippen LogP contribution in [0.2, 0.25) is 0 Å². The summed E-state index contributed by atoms with van der Waals surface area (Å²) in [6.07, 6.45) is 1.61. The second kappa shape index (κ2) is 12.8. The molecule has 4 aromatic rings. The van der Waals surface area contributed by atoms with Crippen molar-refractivity contribution in [1.29, 1.82) is 0 Å². The molecule has 0 saturated carbocycles. The van der Waals surface area contributed by atoms with Gasteiger partial charge in [-0.2, -0.15) is 0 Å². The van der Waals surface area contributed by atoms with E-state index in [1.54, 1.807) is 25.3 Å². The normalized spacial score (nSPS) is 14.2. The quantitative estimate of drug-likeness (QED) is 0.186. The van der Waals surface area contributed by atoms with Crippen LogP contribution < -0.4 is 14.8 Å². The molecule has 1 fully saturated rings. The third kappa shape index (κ3) is 6.53. The molecule has 0 unspecified atom stereocenters. The van der Waals surface area contributed by atoms with Crippen LogP contribution in [-0.4, -0.2) is 35.6 Å². The van der Waals surface area contributed by atoms with E-state index in [-0.39, 0.29) is 11.4 Å². The smallest absolute Gasteiger partial charge is 0.294 e. The lowest BCUT2D eigenvalue weighted by Gasteiger charge is -2.15. The van der Waals surface area contributed by atoms with Crippen molar-refractivity contribution >= 4 is 67.3 Å². The van der Waals surface area contributed by atoms with Gasteiger partial charge in [-0.25, -0.2) is 0 Å². The number of hydrogen-bond acceptors (Lipinski definition) is 6. The summed E-state index contributed by atoms with van der Waals surface area (Å²) in [5.41, 5.74) is 3.43. The number of halogens is 1. The monoisotopic (exact) mass is 644 g/mol. The first-order valence-corrected chi connectivity index (χ1v) is 15.0. The van der Waals surface area contributed by atoms with E-state index >= 15 is 0 Å². The van der Waals surface area contributed by atoms with Crippen LogP contribution in [-0.2, 0) is 16.2 Å². The Morgan fingerprint density at radius 3 is 2.50 bits per heavy atom. The lowest BCUT2D eigenvalue weighted by molar-refractivity contribution is -0.127. The molecule has 0 spiro atoms. The second-order valence-electron chi connectivity index (χ2n) is 10.1. The van der Waals surface area contributed by atoms with Gasteiger partial charge in [0.05, 0.1) is 16.5 Å². The van der Waals surface area contributed by atoms with Crippen molar-refractivity contribution in [2.45, 2.75) is 26.4 Å². The SMILES string of the molecule is COc1cc(/C=C2/SC(=O)N(CC(=O)Nc3ccc(C(C)C)cc3)C2=O)cc(Br)c1OCc1cccc2ccccc12. The maximum atomic E-state index is 13.1. The molecular formula is C33H29BrN2O5S. The summed E-state index contributed by atoms with van der Waals surface area (Å²) < 4.78 is 12.4. The Hall–Kier alpha value is -4.08. The molecular weight excluding hydrogens is 616 g/mol. The summed E-state index contributed by atoms with van der Waals surface area (Å²) in [6, 6.07) is 25.2. The zero-order valence-electron chi connectivity index (χ0n) is 23.3. The summed E-state index contributed by atoms with van der Waals surface area (Å²) in [6.45, 7) is 4.14. The van der Waals surface area contributed by atoms with Crippen LogP contribution in [0.3, 0.4) is 0 Å². The first kappa shape index (κ1) is 29.4. The molecule has 1 aliphatic heterocycles. The van der Waals surface area contributed by atoms with E-state index in [0.29, 0.717) is 39.7 Å². The van der Waals surface area contributed by atoms with Gasteiger partial charge in [-0.1, -0.05) is 68.4 Å². The van der Waals surface area contributed by atoms with Crippen LogP contribution in [0.25, 0.3) is 16.8 Å². The summed E-state index contributed by atoms with van der Waals surface area (Å²) in [5, 5.41) is 4.49. The maximum Gasteiger partial charge on any atom is 0.294 e. The third-order valence-corrected chi connectivity index (χ3v) is 8.33. The van der Waals surface area contributed by atoms with Gasteiger partial charge >= 0.3 is 0 Å². The number of rotatable bonds is 9. The molecule has 1 saturated heterocycles. The molecule has 0 bridgehead atoms. The number of benzene rings is 4. The molecule has 0 aliphatic carbocycles. The van der Waals surface area contributed by atoms with Crippen molar-refractivity contribution in [3.63, 3.8) is 0 Å². The van der Waals surface area contributed by atoms with Gasteiger partial charge in [-0.3, -0.25) is 19.3 Å². The standard InChI is InChI=1S/C33H29BrN2O5S/c1-20(2)22-11-13-25(14-12-22)35-30(37)18-36-32(38)29(42-33(36)39)17-21-15-27(34)31(28(16-21)40-3)41-19-24-9-6-8-23-7-4-5-10-26(23)24/h4-17,20H,18-19H2,1-3H3,(H,35,37)/b29-17+. The largest absolute Gasteiger partial charge is 0.493 e. The van der Waals surface area contributed by atoms with Crippen LogP contribution in [0, 0.1) is 0 Å².